The number of piperidine rings is 1. The Morgan fingerprint density at radius 1 is 0.854 bits per heavy atom. The predicted octanol–water partition coefficient (Wildman–Crippen LogP) is 4.02. The van der Waals surface area contributed by atoms with Gasteiger partial charge in [0.1, 0.15) is 5.75 Å². The fourth-order valence-electron chi connectivity index (χ4n) is 4.90. The number of amides is 2. The lowest BCUT2D eigenvalue weighted by atomic mass is 9.97. The summed E-state index contributed by atoms with van der Waals surface area (Å²) >= 11 is 0. The number of nitrogens with zero attached hydrogens (tertiary/aromatic N) is 3. The van der Waals surface area contributed by atoms with Gasteiger partial charge in [-0.1, -0.05) is 43.3 Å². The first kappa shape index (κ1) is 31.6. The first-order valence-electron chi connectivity index (χ1n) is 14.1. The molecule has 2 fully saturated rings. The average Bonchev–Trinajstić information content (AvgIpc) is 2.91. The molecule has 2 aromatic carbocycles. The molecule has 2 heterocycles. The summed E-state index contributed by atoms with van der Waals surface area (Å²) in [4.78, 5) is 50.2. The van der Waals surface area contributed by atoms with Gasteiger partial charge in [-0.15, -0.1) is 0 Å². The molecule has 10 heteroatoms. The van der Waals surface area contributed by atoms with E-state index < -0.39 is 11.9 Å². The van der Waals surface area contributed by atoms with Crippen LogP contribution in [0.1, 0.15) is 57.6 Å². The van der Waals surface area contributed by atoms with Crippen molar-refractivity contribution in [2.24, 2.45) is 5.92 Å². The molecule has 0 saturated carbocycles. The molecule has 0 atom stereocenters. The van der Waals surface area contributed by atoms with Crippen LogP contribution in [0.25, 0.3) is 0 Å². The summed E-state index contributed by atoms with van der Waals surface area (Å²) in [5, 5.41) is 15.8. The van der Waals surface area contributed by atoms with Gasteiger partial charge < -0.3 is 19.8 Å². The Labute approximate surface area is 241 Å². The maximum atomic E-state index is 12.3. The highest BCUT2D eigenvalue weighted by molar-refractivity contribution is 5.97. The van der Waals surface area contributed by atoms with Gasteiger partial charge in [0.2, 0.25) is 11.8 Å². The number of piperazine rings is 1. The third-order valence-corrected chi connectivity index (χ3v) is 6.88. The number of anilines is 1. The highest BCUT2D eigenvalue weighted by Gasteiger charge is 2.30. The zero-order chi connectivity index (χ0) is 29.9. The van der Waals surface area contributed by atoms with Crippen molar-refractivity contribution in [2.45, 2.75) is 65.6 Å². The molecule has 0 radical (unpaired) electrons. The smallest absolute Gasteiger partial charge is 0.303 e. The molecule has 222 valence electrons. The maximum Gasteiger partial charge on any atom is 0.303 e. The summed E-state index contributed by atoms with van der Waals surface area (Å²) in [6.07, 6.45) is 0.478. The van der Waals surface area contributed by atoms with Crippen molar-refractivity contribution in [3.05, 3.63) is 59.7 Å². The summed E-state index contributed by atoms with van der Waals surface area (Å²) in [6, 6.07) is 16.6. The Morgan fingerprint density at radius 3 is 1.98 bits per heavy atom. The minimum absolute atomic E-state index is 0.0537. The number of para-hydroxylation sites is 2. The Balaban J connectivity index is 0.000000507. The number of rotatable bonds is 10. The highest BCUT2D eigenvalue weighted by atomic mass is 16.5. The third-order valence-electron chi connectivity index (χ3n) is 6.88. The summed E-state index contributed by atoms with van der Waals surface area (Å²) in [5.74, 6) is -1.16. The van der Waals surface area contributed by atoms with Gasteiger partial charge >= 0.3 is 11.9 Å². The molecule has 2 saturated heterocycles. The first-order valence-corrected chi connectivity index (χ1v) is 14.1. The number of carboxylic acid groups (broad SMARTS) is 2. The monoisotopic (exact) mass is 567 g/mol. The lowest BCUT2D eigenvalue weighted by Gasteiger charge is -2.37. The minimum atomic E-state index is -1.08. The van der Waals surface area contributed by atoms with E-state index >= 15 is 0 Å². The van der Waals surface area contributed by atoms with Crippen LogP contribution in [-0.4, -0.2) is 76.0 Å². The SMILES string of the molecule is CC1CC(=O)N(Cc2cccc(CN3CCN(c4ccccc4OC(C)C)CC3)c2)C(=O)C1.O=C(O)CCC(=O)O. The van der Waals surface area contributed by atoms with Crippen LogP contribution in [0.3, 0.4) is 0 Å². The third kappa shape index (κ3) is 10.2. The van der Waals surface area contributed by atoms with E-state index in [9.17, 15) is 19.2 Å². The second kappa shape index (κ2) is 15.2. The number of hydrogen-bond acceptors (Lipinski definition) is 7. The lowest BCUT2D eigenvalue weighted by Crippen LogP contribution is -2.46. The number of carboxylic acids is 2. The molecule has 2 amide bonds. The maximum absolute atomic E-state index is 12.3. The van der Waals surface area contributed by atoms with Crippen molar-refractivity contribution in [3.8, 4) is 5.75 Å². The second-order valence-electron chi connectivity index (χ2n) is 10.9. The minimum Gasteiger partial charge on any atom is -0.489 e. The van der Waals surface area contributed by atoms with E-state index in [0.29, 0.717) is 19.4 Å². The van der Waals surface area contributed by atoms with E-state index in [0.717, 1.165) is 49.7 Å². The van der Waals surface area contributed by atoms with Crippen LogP contribution < -0.4 is 9.64 Å². The van der Waals surface area contributed by atoms with Gasteiger partial charge in [0.15, 0.2) is 0 Å². The van der Waals surface area contributed by atoms with Crippen LogP contribution in [0.2, 0.25) is 0 Å². The van der Waals surface area contributed by atoms with E-state index in [2.05, 4.69) is 47.9 Å². The molecule has 2 N–H and O–H groups in total. The van der Waals surface area contributed by atoms with Crippen LogP contribution in [0.5, 0.6) is 5.75 Å². The molecule has 41 heavy (non-hydrogen) atoms. The van der Waals surface area contributed by atoms with Crippen LogP contribution in [0, 0.1) is 5.92 Å². The molecular formula is C31H41N3O7. The van der Waals surface area contributed by atoms with Crippen molar-refractivity contribution in [3.63, 3.8) is 0 Å². The van der Waals surface area contributed by atoms with Crippen LogP contribution in [0.15, 0.2) is 48.5 Å². The van der Waals surface area contributed by atoms with Gasteiger partial charge in [-0.2, -0.15) is 0 Å². The molecule has 4 rings (SSSR count). The van der Waals surface area contributed by atoms with Gasteiger partial charge in [0, 0.05) is 45.6 Å². The summed E-state index contributed by atoms with van der Waals surface area (Å²) in [6.45, 7) is 11.2. The molecule has 2 aliphatic heterocycles. The molecule has 0 aliphatic carbocycles. The van der Waals surface area contributed by atoms with Crippen molar-refractivity contribution in [2.75, 3.05) is 31.1 Å². The van der Waals surface area contributed by atoms with Crippen molar-refractivity contribution < 1.29 is 34.1 Å². The Bertz CT molecular complexity index is 1180. The van der Waals surface area contributed by atoms with Crippen molar-refractivity contribution in [1.82, 2.24) is 9.80 Å². The zero-order valence-electron chi connectivity index (χ0n) is 24.1. The normalized spacial score (nSPS) is 16.4. The zero-order valence-corrected chi connectivity index (χ0v) is 24.1. The van der Waals surface area contributed by atoms with Crippen LogP contribution >= 0.6 is 0 Å². The topological polar surface area (TPSA) is 128 Å². The fourth-order valence-corrected chi connectivity index (χ4v) is 4.90. The van der Waals surface area contributed by atoms with Crippen LogP contribution in [0.4, 0.5) is 5.69 Å². The first-order chi connectivity index (χ1) is 19.5. The molecule has 10 nitrogen and oxygen atoms in total. The van der Waals surface area contributed by atoms with E-state index in [1.165, 1.54) is 10.5 Å². The molecule has 0 unspecified atom stereocenters. The number of benzene rings is 2. The Hall–Kier alpha value is -3.92. The van der Waals surface area contributed by atoms with E-state index in [-0.39, 0.29) is 36.7 Å². The largest absolute Gasteiger partial charge is 0.489 e. The standard InChI is InChI=1S/C27H35N3O3.C4H6O4/c1-20(2)33-25-10-5-4-9-24(25)29-13-11-28(12-14-29)18-22-7-6-8-23(17-22)19-30-26(31)15-21(3)16-27(30)32;5-3(6)1-2-4(7)8/h4-10,17,20-21H,11-16,18-19H2,1-3H3;1-2H2,(H,5,6)(H,7,8). The number of aliphatic carboxylic acids is 2. The van der Waals surface area contributed by atoms with Gasteiger partial charge in [-0.05, 0) is 43.0 Å². The average molecular weight is 568 g/mol. The van der Waals surface area contributed by atoms with Gasteiger partial charge in [-0.25, -0.2) is 0 Å². The number of likely N-dealkylation sites (tertiary alicyclic amines) is 1. The van der Waals surface area contributed by atoms with Crippen LogP contribution in [-0.2, 0) is 32.3 Å². The quantitative estimate of drug-likeness (QED) is 0.409. The summed E-state index contributed by atoms with van der Waals surface area (Å²) in [5.41, 5.74) is 3.40. The van der Waals surface area contributed by atoms with E-state index in [1.54, 1.807) is 0 Å². The molecule has 0 spiro atoms. The summed E-state index contributed by atoms with van der Waals surface area (Å²) < 4.78 is 6.01. The fraction of sp³-hybridized carbons (Fsp3) is 0.484. The van der Waals surface area contributed by atoms with Gasteiger partial charge in [-0.3, -0.25) is 29.0 Å². The highest BCUT2D eigenvalue weighted by Crippen LogP contribution is 2.30. The second-order valence-corrected chi connectivity index (χ2v) is 10.9. The molecule has 2 aromatic rings. The number of hydrogen-bond donors (Lipinski definition) is 2. The molecule has 2 aliphatic rings. The van der Waals surface area contributed by atoms with Gasteiger partial charge in [0.25, 0.3) is 0 Å². The summed E-state index contributed by atoms with van der Waals surface area (Å²) in [7, 11) is 0. The molecule has 0 bridgehead atoms. The number of carbonyl (C=O) groups is 4. The Morgan fingerprint density at radius 2 is 1.41 bits per heavy atom. The van der Waals surface area contributed by atoms with Crippen molar-refractivity contribution >= 4 is 29.4 Å². The molecular weight excluding hydrogens is 526 g/mol. The Kier molecular flexibility index (Phi) is 11.7. The van der Waals surface area contributed by atoms with Gasteiger partial charge in [0.05, 0.1) is 31.2 Å². The number of ether oxygens (including phenoxy) is 1. The number of imide groups is 1. The lowest BCUT2D eigenvalue weighted by molar-refractivity contribution is -0.150. The molecule has 0 aromatic heterocycles. The number of carbonyl (C=O) groups excluding carboxylic acids is 2. The van der Waals surface area contributed by atoms with Crippen molar-refractivity contribution in [1.29, 1.82) is 0 Å². The van der Waals surface area contributed by atoms with E-state index in [1.807, 2.05) is 31.2 Å². The van der Waals surface area contributed by atoms with E-state index in [4.69, 9.17) is 14.9 Å². The predicted molar refractivity (Wildman–Crippen MR) is 155 cm³/mol.